The van der Waals surface area contributed by atoms with E-state index in [1.165, 1.54) is 12.8 Å². The Balaban J connectivity index is 2.59. The van der Waals surface area contributed by atoms with Crippen LogP contribution >= 0.6 is 0 Å². The van der Waals surface area contributed by atoms with Gasteiger partial charge in [0.2, 0.25) is 0 Å². The minimum atomic E-state index is 0.430. The van der Waals surface area contributed by atoms with Crippen molar-refractivity contribution in [2.75, 3.05) is 6.61 Å². The van der Waals surface area contributed by atoms with Crippen LogP contribution in [0, 0.1) is 12.8 Å². The third-order valence-corrected chi connectivity index (χ3v) is 2.57. The van der Waals surface area contributed by atoms with Crippen molar-refractivity contribution in [3.63, 3.8) is 0 Å². The summed E-state index contributed by atoms with van der Waals surface area (Å²) in [5, 5.41) is 0. The molecule has 0 aliphatic carbocycles. The summed E-state index contributed by atoms with van der Waals surface area (Å²) in [4.78, 5) is 4.37. The summed E-state index contributed by atoms with van der Waals surface area (Å²) in [5.74, 6) is 1.41. The van der Waals surface area contributed by atoms with Crippen molar-refractivity contribution in [2.24, 2.45) is 11.7 Å². The van der Waals surface area contributed by atoms with Gasteiger partial charge in [-0.1, -0.05) is 20.3 Å². The first-order chi connectivity index (χ1) is 7.67. The molecule has 0 spiro atoms. The number of nitrogens with zero attached hydrogens (tertiary/aromatic N) is 1. The molecule has 0 saturated carbocycles. The summed E-state index contributed by atoms with van der Waals surface area (Å²) in [6, 6.07) is 3.92. The van der Waals surface area contributed by atoms with Crippen LogP contribution in [0.5, 0.6) is 5.75 Å². The van der Waals surface area contributed by atoms with E-state index in [2.05, 4.69) is 18.8 Å². The average Bonchev–Trinajstić information content (AvgIpc) is 2.27. The first-order valence-corrected chi connectivity index (χ1v) is 5.96. The Bertz CT molecular complexity index is 326. The van der Waals surface area contributed by atoms with Gasteiger partial charge in [0, 0.05) is 12.2 Å². The number of ether oxygens (including phenoxy) is 1. The van der Waals surface area contributed by atoms with Gasteiger partial charge in [0.1, 0.15) is 5.75 Å². The zero-order valence-corrected chi connectivity index (χ0v) is 10.5. The number of hydrogen-bond acceptors (Lipinski definition) is 3. The third-order valence-electron chi connectivity index (χ3n) is 2.57. The lowest BCUT2D eigenvalue weighted by molar-refractivity contribution is 0.248. The number of pyridine rings is 1. The average molecular weight is 222 g/mol. The van der Waals surface area contributed by atoms with Crippen molar-refractivity contribution in [1.29, 1.82) is 0 Å². The summed E-state index contributed by atoms with van der Waals surface area (Å²) in [6.07, 6.45) is 2.39. The van der Waals surface area contributed by atoms with Gasteiger partial charge in [-0.05, 0) is 31.4 Å². The van der Waals surface area contributed by atoms with Crippen molar-refractivity contribution in [3.05, 3.63) is 23.5 Å². The van der Waals surface area contributed by atoms with E-state index in [1.54, 1.807) is 0 Å². The molecule has 0 radical (unpaired) electrons. The van der Waals surface area contributed by atoms with Gasteiger partial charge >= 0.3 is 0 Å². The van der Waals surface area contributed by atoms with Gasteiger partial charge in [-0.3, -0.25) is 4.98 Å². The van der Waals surface area contributed by atoms with Gasteiger partial charge < -0.3 is 10.5 Å². The van der Waals surface area contributed by atoms with Crippen LogP contribution < -0.4 is 10.5 Å². The molecule has 1 rings (SSSR count). The first-order valence-electron chi connectivity index (χ1n) is 5.96. The smallest absolute Gasteiger partial charge is 0.142 e. The molecule has 0 aliphatic heterocycles. The lowest BCUT2D eigenvalue weighted by atomic mass is 10.1. The molecule has 1 unspecified atom stereocenters. The number of rotatable bonds is 6. The van der Waals surface area contributed by atoms with Crippen molar-refractivity contribution < 1.29 is 4.74 Å². The molecule has 0 amide bonds. The van der Waals surface area contributed by atoms with Gasteiger partial charge in [-0.15, -0.1) is 0 Å². The van der Waals surface area contributed by atoms with Crippen molar-refractivity contribution in [3.8, 4) is 5.75 Å². The summed E-state index contributed by atoms with van der Waals surface area (Å²) in [7, 11) is 0. The van der Waals surface area contributed by atoms with Crippen LogP contribution in [0.3, 0.4) is 0 Å². The molecule has 1 aromatic rings. The molecule has 0 bridgehead atoms. The molecule has 1 aromatic heterocycles. The second-order valence-corrected chi connectivity index (χ2v) is 4.31. The Morgan fingerprint density at radius 1 is 1.44 bits per heavy atom. The highest BCUT2D eigenvalue weighted by molar-refractivity contribution is 5.29. The zero-order valence-electron chi connectivity index (χ0n) is 10.5. The normalized spacial score (nSPS) is 12.5. The Kier molecular flexibility index (Phi) is 5.26. The molecule has 1 heterocycles. The van der Waals surface area contributed by atoms with E-state index < -0.39 is 0 Å². The molecule has 0 aromatic carbocycles. The van der Waals surface area contributed by atoms with E-state index >= 15 is 0 Å². The number of aryl methyl sites for hydroxylation is 1. The number of aromatic nitrogens is 1. The van der Waals surface area contributed by atoms with Gasteiger partial charge in [0.25, 0.3) is 0 Å². The Morgan fingerprint density at radius 2 is 2.19 bits per heavy atom. The standard InChI is InChI=1S/C13H22N2O/c1-4-5-10(2)9-16-13-7-6-11(3)15-12(13)8-14/h6-7,10H,4-5,8-9,14H2,1-3H3. The number of nitrogens with two attached hydrogens (primary N) is 1. The monoisotopic (exact) mass is 222 g/mol. The van der Waals surface area contributed by atoms with Crippen LogP contribution in [0.2, 0.25) is 0 Å². The molecule has 16 heavy (non-hydrogen) atoms. The van der Waals surface area contributed by atoms with E-state index in [4.69, 9.17) is 10.5 Å². The second-order valence-electron chi connectivity index (χ2n) is 4.31. The molecule has 2 N–H and O–H groups in total. The molecule has 0 fully saturated rings. The van der Waals surface area contributed by atoms with Crippen LogP contribution in [0.25, 0.3) is 0 Å². The highest BCUT2D eigenvalue weighted by atomic mass is 16.5. The largest absolute Gasteiger partial charge is 0.491 e. The minimum Gasteiger partial charge on any atom is -0.491 e. The van der Waals surface area contributed by atoms with Gasteiger partial charge in [0.05, 0.1) is 12.3 Å². The maximum absolute atomic E-state index is 5.75. The molecule has 0 saturated heterocycles. The first kappa shape index (κ1) is 13.0. The third kappa shape index (κ3) is 3.81. The molecule has 3 nitrogen and oxygen atoms in total. The van der Waals surface area contributed by atoms with Crippen LogP contribution in [0.15, 0.2) is 12.1 Å². The van der Waals surface area contributed by atoms with E-state index in [1.807, 2.05) is 19.1 Å². The quantitative estimate of drug-likeness (QED) is 0.805. The second kappa shape index (κ2) is 6.48. The highest BCUT2D eigenvalue weighted by Crippen LogP contribution is 2.18. The fourth-order valence-electron chi connectivity index (χ4n) is 1.68. The Labute approximate surface area is 98.0 Å². The van der Waals surface area contributed by atoms with E-state index in [-0.39, 0.29) is 0 Å². The summed E-state index contributed by atoms with van der Waals surface area (Å²) in [5.41, 5.74) is 7.47. The topological polar surface area (TPSA) is 48.1 Å². The van der Waals surface area contributed by atoms with Crippen LogP contribution in [0.4, 0.5) is 0 Å². The fourth-order valence-corrected chi connectivity index (χ4v) is 1.68. The van der Waals surface area contributed by atoms with Crippen LogP contribution in [0.1, 0.15) is 38.1 Å². The SMILES string of the molecule is CCCC(C)COc1ccc(C)nc1CN. The summed E-state index contributed by atoms with van der Waals surface area (Å²) in [6.45, 7) is 7.52. The van der Waals surface area contributed by atoms with Crippen molar-refractivity contribution in [2.45, 2.75) is 40.2 Å². The summed E-state index contributed by atoms with van der Waals surface area (Å²) < 4.78 is 5.75. The highest BCUT2D eigenvalue weighted by Gasteiger charge is 2.06. The number of hydrogen-bond donors (Lipinski definition) is 1. The molecule has 0 aliphatic rings. The van der Waals surface area contributed by atoms with E-state index in [0.717, 1.165) is 23.7 Å². The maximum Gasteiger partial charge on any atom is 0.142 e. The minimum absolute atomic E-state index is 0.430. The maximum atomic E-state index is 5.75. The van der Waals surface area contributed by atoms with Crippen LogP contribution in [-0.2, 0) is 6.54 Å². The van der Waals surface area contributed by atoms with Gasteiger partial charge in [-0.2, -0.15) is 0 Å². The molecule has 1 atom stereocenters. The Hall–Kier alpha value is -1.09. The van der Waals surface area contributed by atoms with Crippen LogP contribution in [-0.4, -0.2) is 11.6 Å². The van der Waals surface area contributed by atoms with E-state index in [9.17, 15) is 0 Å². The predicted molar refractivity (Wildman–Crippen MR) is 66.4 cm³/mol. The zero-order chi connectivity index (χ0) is 12.0. The molecule has 90 valence electrons. The lowest BCUT2D eigenvalue weighted by Crippen LogP contribution is -2.11. The molecule has 3 heteroatoms. The fraction of sp³-hybridized carbons (Fsp3) is 0.615. The van der Waals surface area contributed by atoms with Gasteiger partial charge in [-0.25, -0.2) is 0 Å². The molecular weight excluding hydrogens is 200 g/mol. The van der Waals surface area contributed by atoms with Crippen molar-refractivity contribution in [1.82, 2.24) is 4.98 Å². The van der Waals surface area contributed by atoms with Gasteiger partial charge in [0.15, 0.2) is 0 Å². The molecular formula is C13H22N2O. The van der Waals surface area contributed by atoms with Crippen molar-refractivity contribution >= 4 is 0 Å². The lowest BCUT2D eigenvalue weighted by Gasteiger charge is -2.14. The Morgan fingerprint density at radius 3 is 2.81 bits per heavy atom. The predicted octanol–water partition coefficient (Wildman–Crippen LogP) is 2.66. The van der Waals surface area contributed by atoms with E-state index in [0.29, 0.717) is 12.5 Å². The summed E-state index contributed by atoms with van der Waals surface area (Å²) >= 11 is 0.